The topological polar surface area (TPSA) is 52.9 Å². The average Bonchev–Trinajstić information content (AvgIpc) is 2.27. The van der Waals surface area contributed by atoms with Crippen molar-refractivity contribution in [3.63, 3.8) is 0 Å². The number of benzene rings is 1. The van der Waals surface area contributed by atoms with Crippen molar-refractivity contribution >= 4 is 5.91 Å². The molecule has 0 aliphatic carbocycles. The van der Waals surface area contributed by atoms with Gasteiger partial charge in [0.2, 0.25) is 5.91 Å². The summed E-state index contributed by atoms with van der Waals surface area (Å²) < 4.78 is 13.4. The van der Waals surface area contributed by atoms with Crippen LogP contribution in [0.15, 0.2) is 24.3 Å². The molecule has 0 saturated carbocycles. The molecule has 0 aromatic heterocycles. The van der Waals surface area contributed by atoms with Gasteiger partial charge in [0.1, 0.15) is 12.2 Å². The predicted molar refractivity (Wildman–Crippen MR) is 67.2 cm³/mol. The van der Waals surface area contributed by atoms with E-state index in [1.165, 1.54) is 6.07 Å². The second-order valence-corrected chi connectivity index (χ2v) is 4.86. The summed E-state index contributed by atoms with van der Waals surface area (Å²) in [6.45, 7) is 3.73. The van der Waals surface area contributed by atoms with Crippen LogP contribution in [0.2, 0.25) is 0 Å². The van der Waals surface area contributed by atoms with E-state index in [9.17, 15) is 9.18 Å². The summed E-state index contributed by atoms with van der Waals surface area (Å²) in [5.74, 6) is -0.521. The van der Waals surface area contributed by atoms with Gasteiger partial charge in [-0.3, -0.25) is 4.79 Å². The normalized spacial score (nSPS) is 10.8. The number of nitrogens with zero attached hydrogens (tertiary/aromatic N) is 1. The second kappa shape index (κ2) is 6.15. The fraction of sp³-hybridized carbons (Fsp3) is 0.429. The summed E-state index contributed by atoms with van der Waals surface area (Å²) in [7, 11) is 0. The maximum atomic E-state index is 13.4. The molecule has 0 saturated heterocycles. The van der Waals surface area contributed by atoms with Gasteiger partial charge >= 0.3 is 0 Å². The van der Waals surface area contributed by atoms with Crippen molar-refractivity contribution in [1.29, 1.82) is 5.26 Å². The number of carbonyl (C=O) groups is 1. The quantitative estimate of drug-likeness (QED) is 0.870. The lowest BCUT2D eigenvalue weighted by molar-refractivity contribution is -0.121. The Morgan fingerprint density at radius 1 is 1.44 bits per heavy atom. The fourth-order valence-corrected chi connectivity index (χ4v) is 1.70. The Hall–Kier alpha value is -1.89. The third-order valence-corrected chi connectivity index (χ3v) is 2.69. The average molecular weight is 248 g/mol. The van der Waals surface area contributed by atoms with Crippen molar-refractivity contribution in [1.82, 2.24) is 5.32 Å². The van der Waals surface area contributed by atoms with Gasteiger partial charge in [-0.2, -0.15) is 5.26 Å². The summed E-state index contributed by atoms with van der Waals surface area (Å²) in [4.78, 5) is 11.3. The minimum absolute atomic E-state index is 0.150. The Morgan fingerprint density at radius 2 is 2.11 bits per heavy atom. The van der Waals surface area contributed by atoms with Crippen LogP contribution in [-0.4, -0.2) is 11.4 Å². The molecule has 0 aliphatic rings. The maximum absolute atomic E-state index is 13.4. The minimum Gasteiger partial charge on any atom is -0.350 e. The highest BCUT2D eigenvalue weighted by Gasteiger charge is 2.20. The Kier molecular flexibility index (Phi) is 4.85. The van der Waals surface area contributed by atoms with Crippen LogP contribution in [0.4, 0.5) is 4.39 Å². The molecule has 0 bridgehead atoms. The number of halogens is 1. The van der Waals surface area contributed by atoms with Crippen molar-refractivity contribution < 1.29 is 9.18 Å². The van der Waals surface area contributed by atoms with Gasteiger partial charge in [-0.1, -0.05) is 18.2 Å². The number of nitriles is 1. The van der Waals surface area contributed by atoms with Crippen LogP contribution in [0, 0.1) is 17.1 Å². The van der Waals surface area contributed by atoms with E-state index in [0.29, 0.717) is 18.4 Å². The number of aryl methyl sites for hydroxylation is 1. The Morgan fingerprint density at radius 3 is 2.72 bits per heavy atom. The highest BCUT2D eigenvalue weighted by Crippen LogP contribution is 2.16. The second-order valence-electron chi connectivity index (χ2n) is 4.86. The van der Waals surface area contributed by atoms with Crippen LogP contribution in [0.5, 0.6) is 0 Å². The lowest BCUT2D eigenvalue weighted by atomic mass is 9.95. The number of hydrogen-bond donors (Lipinski definition) is 1. The molecule has 0 fully saturated rings. The van der Waals surface area contributed by atoms with Gasteiger partial charge in [0.15, 0.2) is 0 Å². The summed E-state index contributed by atoms with van der Waals surface area (Å²) >= 11 is 0. The molecule has 1 N–H and O–H groups in total. The molecule has 0 atom stereocenters. The fourth-order valence-electron chi connectivity index (χ4n) is 1.70. The van der Waals surface area contributed by atoms with Crippen molar-refractivity contribution in [2.24, 2.45) is 0 Å². The van der Waals surface area contributed by atoms with E-state index in [1.54, 1.807) is 24.3 Å². The molecule has 1 aromatic rings. The smallest absolute Gasteiger partial charge is 0.234 e. The first-order valence-electron chi connectivity index (χ1n) is 5.86. The first kappa shape index (κ1) is 14.2. The maximum Gasteiger partial charge on any atom is 0.234 e. The third kappa shape index (κ3) is 4.54. The first-order valence-corrected chi connectivity index (χ1v) is 5.86. The van der Waals surface area contributed by atoms with E-state index in [0.717, 1.165) is 0 Å². The van der Waals surface area contributed by atoms with E-state index >= 15 is 0 Å². The molecule has 1 aromatic carbocycles. The zero-order valence-corrected chi connectivity index (χ0v) is 10.7. The molecule has 1 rings (SSSR count). The molecule has 0 spiro atoms. The van der Waals surface area contributed by atoms with E-state index < -0.39 is 5.54 Å². The van der Waals surface area contributed by atoms with Crippen LogP contribution in [0.3, 0.4) is 0 Å². The monoisotopic (exact) mass is 248 g/mol. The number of amides is 1. The van der Waals surface area contributed by atoms with Crippen molar-refractivity contribution in [2.75, 3.05) is 0 Å². The van der Waals surface area contributed by atoms with Crippen molar-refractivity contribution in [3.05, 3.63) is 35.6 Å². The van der Waals surface area contributed by atoms with Crippen LogP contribution >= 0.6 is 0 Å². The van der Waals surface area contributed by atoms with Gasteiger partial charge in [0.25, 0.3) is 0 Å². The van der Waals surface area contributed by atoms with Gasteiger partial charge in [-0.25, -0.2) is 4.39 Å². The highest BCUT2D eigenvalue weighted by molar-refractivity contribution is 5.78. The van der Waals surface area contributed by atoms with Crippen LogP contribution in [0.25, 0.3) is 0 Å². The third-order valence-electron chi connectivity index (χ3n) is 2.69. The lowest BCUT2D eigenvalue weighted by Gasteiger charge is -2.26. The molecule has 0 unspecified atom stereocenters. The number of rotatable bonds is 5. The summed E-state index contributed by atoms with van der Waals surface area (Å²) in [6.07, 6.45) is 1.01. The zero-order valence-electron chi connectivity index (χ0n) is 10.7. The molecule has 1 amide bonds. The zero-order chi connectivity index (χ0) is 13.6. The van der Waals surface area contributed by atoms with E-state index in [2.05, 4.69) is 5.32 Å². The largest absolute Gasteiger partial charge is 0.350 e. The van der Waals surface area contributed by atoms with E-state index in [-0.39, 0.29) is 18.1 Å². The first-order chi connectivity index (χ1) is 8.44. The summed E-state index contributed by atoms with van der Waals surface area (Å²) in [6, 6.07) is 8.41. The van der Waals surface area contributed by atoms with Gasteiger partial charge in [0, 0.05) is 5.54 Å². The minimum atomic E-state index is -0.448. The Bertz CT molecular complexity index is 463. The molecule has 0 aliphatic heterocycles. The summed E-state index contributed by atoms with van der Waals surface area (Å²) in [5.41, 5.74) is 0.191. The van der Waals surface area contributed by atoms with Gasteiger partial charge in [-0.15, -0.1) is 0 Å². The van der Waals surface area contributed by atoms with Crippen LogP contribution < -0.4 is 5.32 Å². The molecule has 0 radical (unpaired) electrons. The number of nitrogens with one attached hydrogen (secondary N) is 1. The number of hydrogen-bond acceptors (Lipinski definition) is 2. The van der Waals surface area contributed by atoms with E-state index in [4.69, 9.17) is 5.26 Å². The van der Waals surface area contributed by atoms with Gasteiger partial charge in [0.05, 0.1) is 6.07 Å². The van der Waals surface area contributed by atoms with Crippen molar-refractivity contribution in [2.45, 2.75) is 38.6 Å². The molecule has 96 valence electrons. The number of carbonyl (C=O) groups excluding carboxylic acids is 1. The molecule has 4 heteroatoms. The Balaban J connectivity index is 2.54. The molecule has 18 heavy (non-hydrogen) atoms. The Labute approximate surface area is 107 Å². The van der Waals surface area contributed by atoms with Gasteiger partial charge < -0.3 is 5.32 Å². The van der Waals surface area contributed by atoms with Gasteiger partial charge in [-0.05, 0) is 38.3 Å². The lowest BCUT2D eigenvalue weighted by Crippen LogP contribution is -2.43. The highest BCUT2D eigenvalue weighted by atomic mass is 19.1. The standard InChI is InChI=1S/C14H17FN2O/c1-14(2,17-13(18)8-10-16)9-7-11-5-3-4-6-12(11)15/h3-6H,7-9H2,1-2H3,(H,17,18). The molecule has 0 heterocycles. The molecule has 3 nitrogen and oxygen atoms in total. The van der Waals surface area contributed by atoms with Crippen LogP contribution in [0.1, 0.15) is 32.3 Å². The molecular formula is C14H17FN2O. The summed E-state index contributed by atoms with van der Waals surface area (Å²) in [5, 5.41) is 11.2. The SMILES string of the molecule is CC(C)(CCc1ccccc1F)NC(=O)CC#N. The predicted octanol–water partition coefficient (Wildman–Crippen LogP) is 2.57. The van der Waals surface area contributed by atoms with E-state index in [1.807, 2.05) is 13.8 Å². The molecular weight excluding hydrogens is 231 g/mol. The van der Waals surface area contributed by atoms with Crippen LogP contribution in [-0.2, 0) is 11.2 Å². The van der Waals surface area contributed by atoms with Crippen molar-refractivity contribution in [3.8, 4) is 6.07 Å².